The van der Waals surface area contributed by atoms with Crippen LogP contribution in [-0.4, -0.2) is 23.9 Å². The van der Waals surface area contributed by atoms with Crippen molar-refractivity contribution in [2.24, 2.45) is 11.7 Å². The van der Waals surface area contributed by atoms with E-state index < -0.39 is 6.04 Å². The van der Waals surface area contributed by atoms with E-state index in [0.29, 0.717) is 6.54 Å². The maximum absolute atomic E-state index is 12.0. The van der Waals surface area contributed by atoms with Crippen LogP contribution in [0.15, 0.2) is 47.1 Å². The van der Waals surface area contributed by atoms with Crippen molar-refractivity contribution in [1.82, 2.24) is 10.2 Å². The molecule has 0 saturated carbocycles. The minimum Gasteiger partial charge on any atom is -0.468 e. The first-order valence-corrected chi connectivity index (χ1v) is 8.28. The van der Waals surface area contributed by atoms with Gasteiger partial charge in [-0.25, -0.2) is 0 Å². The molecule has 0 saturated heterocycles. The van der Waals surface area contributed by atoms with Gasteiger partial charge in [-0.15, -0.1) is 0 Å². The Kier molecular flexibility index (Phi) is 6.58. The third kappa shape index (κ3) is 5.22. The molecule has 130 valence electrons. The van der Waals surface area contributed by atoms with Crippen molar-refractivity contribution in [2.75, 3.05) is 7.05 Å². The number of carbonyl (C=O) groups is 1. The molecule has 2 aromatic rings. The second-order valence-corrected chi connectivity index (χ2v) is 6.51. The normalized spacial score (nSPS) is 12.6. The van der Waals surface area contributed by atoms with E-state index in [1.54, 1.807) is 6.26 Å². The molecule has 0 aliphatic heterocycles. The smallest absolute Gasteiger partial charge is 0.237 e. The second-order valence-electron chi connectivity index (χ2n) is 6.51. The quantitative estimate of drug-likeness (QED) is 0.780. The van der Waals surface area contributed by atoms with Crippen molar-refractivity contribution in [2.45, 2.75) is 39.5 Å². The summed E-state index contributed by atoms with van der Waals surface area (Å²) < 4.78 is 5.39. The zero-order chi connectivity index (χ0) is 17.5. The van der Waals surface area contributed by atoms with Crippen molar-refractivity contribution in [3.63, 3.8) is 0 Å². The number of benzene rings is 1. The topological polar surface area (TPSA) is 71.5 Å². The molecule has 5 heteroatoms. The Morgan fingerprint density at radius 3 is 2.50 bits per heavy atom. The van der Waals surface area contributed by atoms with Crippen molar-refractivity contribution in [1.29, 1.82) is 0 Å². The summed E-state index contributed by atoms with van der Waals surface area (Å²) in [4.78, 5) is 14.2. The first-order chi connectivity index (χ1) is 11.5. The summed E-state index contributed by atoms with van der Waals surface area (Å²) >= 11 is 0. The summed E-state index contributed by atoms with van der Waals surface area (Å²) in [6.45, 7) is 5.91. The number of carbonyl (C=O) groups excluding carboxylic acids is 1. The summed E-state index contributed by atoms with van der Waals surface area (Å²) in [6.07, 6.45) is 1.69. The fourth-order valence-corrected chi connectivity index (χ4v) is 2.50. The number of rotatable bonds is 8. The average molecular weight is 329 g/mol. The van der Waals surface area contributed by atoms with Gasteiger partial charge in [0.05, 0.1) is 18.8 Å². The van der Waals surface area contributed by atoms with Crippen molar-refractivity contribution < 1.29 is 9.21 Å². The van der Waals surface area contributed by atoms with Crippen LogP contribution in [0, 0.1) is 5.92 Å². The van der Waals surface area contributed by atoms with Crippen LogP contribution in [0.2, 0.25) is 0 Å². The highest BCUT2D eigenvalue weighted by atomic mass is 16.3. The number of nitrogens with two attached hydrogens (primary N) is 1. The van der Waals surface area contributed by atoms with E-state index in [2.05, 4.69) is 16.3 Å². The molecule has 0 spiro atoms. The molecular formula is C19H27N3O2. The molecule has 3 N–H and O–H groups in total. The fraction of sp³-hybridized carbons (Fsp3) is 0.421. The van der Waals surface area contributed by atoms with E-state index in [1.807, 2.05) is 51.2 Å². The summed E-state index contributed by atoms with van der Waals surface area (Å²) in [7, 11) is 2.05. The molecule has 1 aromatic heterocycles. The van der Waals surface area contributed by atoms with Crippen molar-refractivity contribution in [3.8, 4) is 0 Å². The van der Waals surface area contributed by atoms with Crippen LogP contribution in [0.3, 0.4) is 0 Å². The molecule has 1 aromatic carbocycles. The van der Waals surface area contributed by atoms with Crippen LogP contribution in [0.4, 0.5) is 0 Å². The van der Waals surface area contributed by atoms with Gasteiger partial charge in [-0.05, 0) is 36.2 Å². The van der Waals surface area contributed by atoms with Gasteiger partial charge < -0.3 is 15.5 Å². The summed E-state index contributed by atoms with van der Waals surface area (Å²) in [5.41, 5.74) is 8.18. The van der Waals surface area contributed by atoms with E-state index in [4.69, 9.17) is 10.2 Å². The van der Waals surface area contributed by atoms with E-state index >= 15 is 0 Å². The minimum atomic E-state index is -0.473. The SMILES string of the molecule is CC(C)[C@H](N)C(=O)NCc1ccccc1CN(C)Cc1ccco1. The first kappa shape index (κ1) is 18.2. The van der Waals surface area contributed by atoms with E-state index in [-0.39, 0.29) is 11.8 Å². The van der Waals surface area contributed by atoms with Crippen LogP contribution in [0.5, 0.6) is 0 Å². The number of amides is 1. The van der Waals surface area contributed by atoms with Gasteiger partial charge in [-0.1, -0.05) is 38.1 Å². The fourth-order valence-electron chi connectivity index (χ4n) is 2.50. The van der Waals surface area contributed by atoms with Crippen LogP contribution >= 0.6 is 0 Å². The van der Waals surface area contributed by atoms with Gasteiger partial charge in [-0.3, -0.25) is 9.69 Å². The van der Waals surface area contributed by atoms with Gasteiger partial charge in [0.25, 0.3) is 0 Å². The number of hydrogen-bond acceptors (Lipinski definition) is 4. The van der Waals surface area contributed by atoms with E-state index in [9.17, 15) is 4.79 Å². The van der Waals surface area contributed by atoms with Gasteiger partial charge in [0.15, 0.2) is 0 Å². The van der Waals surface area contributed by atoms with Crippen molar-refractivity contribution >= 4 is 5.91 Å². The zero-order valence-corrected chi connectivity index (χ0v) is 14.7. The van der Waals surface area contributed by atoms with E-state index in [1.165, 1.54) is 5.56 Å². The highest BCUT2D eigenvalue weighted by Crippen LogP contribution is 2.13. The Morgan fingerprint density at radius 2 is 1.88 bits per heavy atom. The molecule has 0 bridgehead atoms. The molecule has 1 heterocycles. The Balaban J connectivity index is 1.95. The van der Waals surface area contributed by atoms with Crippen LogP contribution < -0.4 is 11.1 Å². The molecule has 0 unspecified atom stereocenters. The molecule has 1 atom stereocenters. The van der Waals surface area contributed by atoms with Gasteiger partial charge in [0.2, 0.25) is 5.91 Å². The van der Waals surface area contributed by atoms with Crippen LogP contribution in [0.1, 0.15) is 30.7 Å². The van der Waals surface area contributed by atoms with Gasteiger partial charge in [0, 0.05) is 13.1 Å². The largest absolute Gasteiger partial charge is 0.468 e. The maximum Gasteiger partial charge on any atom is 0.237 e. The monoisotopic (exact) mass is 329 g/mol. The van der Waals surface area contributed by atoms with Gasteiger partial charge >= 0.3 is 0 Å². The Hall–Kier alpha value is -2.11. The number of nitrogens with zero attached hydrogens (tertiary/aromatic N) is 1. The number of hydrogen-bond donors (Lipinski definition) is 2. The lowest BCUT2D eigenvalue weighted by Gasteiger charge is -2.19. The Labute approximate surface area is 143 Å². The average Bonchev–Trinajstić information content (AvgIpc) is 3.05. The van der Waals surface area contributed by atoms with Gasteiger partial charge in [-0.2, -0.15) is 0 Å². The van der Waals surface area contributed by atoms with Crippen molar-refractivity contribution in [3.05, 3.63) is 59.5 Å². The third-order valence-corrected chi connectivity index (χ3v) is 4.04. The maximum atomic E-state index is 12.0. The van der Waals surface area contributed by atoms with Crippen LogP contribution in [-0.2, 0) is 24.4 Å². The predicted molar refractivity (Wildman–Crippen MR) is 95.0 cm³/mol. The Bertz CT molecular complexity index is 638. The first-order valence-electron chi connectivity index (χ1n) is 8.28. The molecule has 0 aliphatic rings. The summed E-state index contributed by atoms with van der Waals surface area (Å²) in [5, 5.41) is 2.94. The molecule has 0 radical (unpaired) electrons. The third-order valence-electron chi connectivity index (χ3n) is 4.04. The highest BCUT2D eigenvalue weighted by Gasteiger charge is 2.17. The van der Waals surface area contributed by atoms with E-state index in [0.717, 1.165) is 24.4 Å². The molecule has 0 fully saturated rings. The summed E-state index contributed by atoms with van der Waals surface area (Å²) in [6, 6.07) is 11.5. The molecule has 0 aliphatic carbocycles. The lowest BCUT2D eigenvalue weighted by molar-refractivity contribution is -0.123. The van der Waals surface area contributed by atoms with Gasteiger partial charge in [0.1, 0.15) is 5.76 Å². The molecule has 5 nitrogen and oxygen atoms in total. The molecule has 1 amide bonds. The zero-order valence-electron chi connectivity index (χ0n) is 14.7. The van der Waals surface area contributed by atoms with Crippen LogP contribution in [0.25, 0.3) is 0 Å². The number of nitrogens with one attached hydrogen (secondary N) is 1. The summed E-state index contributed by atoms with van der Waals surface area (Å²) in [5.74, 6) is 0.953. The lowest BCUT2D eigenvalue weighted by atomic mass is 10.0. The second kappa shape index (κ2) is 8.66. The minimum absolute atomic E-state index is 0.108. The molecule has 24 heavy (non-hydrogen) atoms. The molecule has 2 rings (SSSR count). The lowest BCUT2D eigenvalue weighted by Crippen LogP contribution is -2.43. The number of furan rings is 1. The molecular weight excluding hydrogens is 302 g/mol. The standard InChI is InChI=1S/C19H27N3O2/c1-14(2)18(20)19(23)21-11-15-7-4-5-8-16(15)12-22(3)13-17-9-6-10-24-17/h4-10,14,18H,11-13,20H2,1-3H3,(H,21,23)/t18-/m0/s1. The Morgan fingerprint density at radius 1 is 1.17 bits per heavy atom. The highest BCUT2D eigenvalue weighted by molar-refractivity contribution is 5.81. The predicted octanol–water partition coefficient (Wildman–Crippen LogP) is 2.51.